The zero-order chi connectivity index (χ0) is 28.5. The predicted octanol–water partition coefficient (Wildman–Crippen LogP) is 5.99. The standard InChI is InChI=1S/C15H17FO4S.C13H15FO3S.CH4/c1-3-11-12(16)13(15(21-11)19-9(2)17)20-14(18)10-7-5-4-6-8-10;1-2-9-10(14)11(13(16)18-9)17-12(15)8-6-4-3-5-7-8;/h4-8,11-13,15H,3H2,1-2H3;3-7,9-11,13,16H,2H2,1H3;1H4/t11-,12-,13-,15?;9-,10-,11-,13?;/m11./s1. The molecule has 7 nitrogen and oxygen atoms in total. The molecule has 2 saturated heterocycles. The number of aliphatic hydroxyl groups is 1. The average molecular weight is 599 g/mol. The zero-order valence-corrected chi connectivity index (χ0v) is 23.4. The van der Waals surface area contributed by atoms with Gasteiger partial charge in [0.1, 0.15) is 5.44 Å². The lowest BCUT2D eigenvalue weighted by atomic mass is 10.1. The number of aliphatic hydroxyl groups excluding tert-OH is 1. The Kier molecular flexibility index (Phi) is 13.4. The van der Waals surface area contributed by atoms with Crippen molar-refractivity contribution in [2.24, 2.45) is 0 Å². The molecule has 2 heterocycles. The fourth-order valence-corrected chi connectivity index (χ4v) is 6.67. The summed E-state index contributed by atoms with van der Waals surface area (Å²) >= 11 is 2.32. The van der Waals surface area contributed by atoms with Crippen LogP contribution >= 0.6 is 23.5 Å². The van der Waals surface area contributed by atoms with Crippen molar-refractivity contribution in [3.8, 4) is 0 Å². The molecule has 0 aromatic heterocycles. The van der Waals surface area contributed by atoms with Crippen LogP contribution in [-0.4, -0.2) is 68.9 Å². The lowest BCUT2D eigenvalue weighted by Crippen LogP contribution is -2.36. The van der Waals surface area contributed by atoms with E-state index in [0.717, 1.165) is 11.8 Å². The van der Waals surface area contributed by atoms with E-state index in [4.69, 9.17) is 14.2 Å². The molecule has 2 fully saturated rings. The summed E-state index contributed by atoms with van der Waals surface area (Å²) in [5, 5.41) is 9.05. The van der Waals surface area contributed by atoms with Gasteiger partial charge in [-0.05, 0) is 37.1 Å². The van der Waals surface area contributed by atoms with Gasteiger partial charge in [-0.25, -0.2) is 18.4 Å². The first-order chi connectivity index (χ1) is 18.7. The van der Waals surface area contributed by atoms with E-state index in [0.29, 0.717) is 24.0 Å². The Morgan fingerprint density at radius 2 is 1.18 bits per heavy atom. The summed E-state index contributed by atoms with van der Waals surface area (Å²) in [5.74, 6) is -1.73. The van der Waals surface area contributed by atoms with Gasteiger partial charge in [0.2, 0.25) is 0 Å². The third-order valence-corrected chi connectivity index (χ3v) is 9.17. The Bertz CT molecular complexity index is 1090. The van der Waals surface area contributed by atoms with Crippen molar-refractivity contribution in [2.75, 3.05) is 0 Å². The van der Waals surface area contributed by atoms with E-state index in [1.807, 2.05) is 13.8 Å². The van der Waals surface area contributed by atoms with Crippen LogP contribution in [0.25, 0.3) is 0 Å². The number of alkyl halides is 2. The number of thioether (sulfide) groups is 2. The van der Waals surface area contributed by atoms with Gasteiger partial charge in [-0.3, -0.25) is 4.79 Å². The van der Waals surface area contributed by atoms with Crippen LogP contribution in [0.2, 0.25) is 0 Å². The number of benzene rings is 2. The van der Waals surface area contributed by atoms with Gasteiger partial charge in [-0.15, -0.1) is 23.5 Å². The van der Waals surface area contributed by atoms with Crippen molar-refractivity contribution in [2.45, 2.75) is 87.0 Å². The van der Waals surface area contributed by atoms with E-state index >= 15 is 0 Å². The van der Waals surface area contributed by atoms with Gasteiger partial charge in [0.15, 0.2) is 30.0 Å². The number of esters is 3. The number of halogens is 2. The molecule has 2 unspecified atom stereocenters. The highest BCUT2D eigenvalue weighted by Gasteiger charge is 2.48. The topological polar surface area (TPSA) is 99.1 Å². The summed E-state index contributed by atoms with van der Waals surface area (Å²) in [6.45, 7) is 4.94. The number of hydrogen-bond acceptors (Lipinski definition) is 9. The summed E-state index contributed by atoms with van der Waals surface area (Å²) < 4.78 is 43.6. The minimum absolute atomic E-state index is 0. The molecule has 220 valence electrons. The maximum absolute atomic E-state index is 14.3. The molecule has 0 radical (unpaired) electrons. The summed E-state index contributed by atoms with van der Waals surface area (Å²) in [7, 11) is 0. The van der Waals surface area contributed by atoms with Crippen molar-refractivity contribution in [1.82, 2.24) is 0 Å². The van der Waals surface area contributed by atoms with Crippen LogP contribution in [0.5, 0.6) is 0 Å². The second-order valence-corrected chi connectivity index (χ2v) is 11.6. The van der Waals surface area contributed by atoms with Gasteiger partial charge in [-0.2, -0.15) is 0 Å². The highest BCUT2D eigenvalue weighted by Crippen LogP contribution is 2.41. The molecule has 2 aromatic rings. The van der Waals surface area contributed by atoms with Crippen molar-refractivity contribution < 1.29 is 42.5 Å². The molecular formula is C29H36F2O7S2. The lowest BCUT2D eigenvalue weighted by Gasteiger charge is -2.20. The fourth-order valence-electron chi connectivity index (χ4n) is 4.06. The second-order valence-electron chi connectivity index (χ2n) is 8.89. The van der Waals surface area contributed by atoms with E-state index in [1.165, 1.54) is 18.7 Å². The SMILES string of the molecule is C.CC[C@H]1SC(O)[C@H](OC(=O)c2ccccc2)[C@@H]1F.CC[C@H]1SC(OC(C)=O)[C@H](OC(=O)c2ccccc2)[C@@H]1F. The molecule has 8 atom stereocenters. The first-order valence-electron chi connectivity index (χ1n) is 12.6. The van der Waals surface area contributed by atoms with Crippen LogP contribution in [0.3, 0.4) is 0 Å². The van der Waals surface area contributed by atoms with Crippen molar-refractivity contribution in [1.29, 1.82) is 0 Å². The molecule has 2 aliphatic rings. The van der Waals surface area contributed by atoms with Crippen molar-refractivity contribution in [3.63, 3.8) is 0 Å². The lowest BCUT2D eigenvalue weighted by molar-refractivity contribution is -0.147. The molecule has 40 heavy (non-hydrogen) atoms. The Balaban J connectivity index is 0.000000276. The van der Waals surface area contributed by atoms with Crippen LogP contribution in [0.4, 0.5) is 8.78 Å². The number of hydrogen-bond donors (Lipinski definition) is 1. The first kappa shape index (κ1) is 33.6. The molecule has 4 rings (SSSR count). The number of carbonyl (C=O) groups is 3. The molecule has 1 N–H and O–H groups in total. The third-order valence-electron chi connectivity index (χ3n) is 6.10. The number of ether oxygens (including phenoxy) is 3. The Labute approximate surface area is 242 Å². The molecule has 2 aromatic carbocycles. The van der Waals surface area contributed by atoms with Crippen molar-refractivity contribution >= 4 is 41.4 Å². The molecule has 0 amide bonds. The van der Waals surface area contributed by atoms with Crippen LogP contribution in [-0.2, 0) is 19.0 Å². The average Bonchev–Trinajstić information content (AvgIpc) is 3.38. The molecule has 0 bridgehead atoms. The Morgan fingerprint density at radius 3 is 1.60 bits per heavy atom. The molecule has 2 aliphatic heterocycles. The van der Waals surface area contributed by atoms with Gasteiger partial charge in [0, 0.05) is 17.4 Å². The predicted molar refractivity (Wildman–Crippen MR) is 153 cm³/mol. The quantitative estimate of drug-likeness (QED) is 0.304. The van der Waals surface area contributed by atoms with E-state index < -0.39 is 53.3 Å². The molecule has 11 heteroatoms. The largest absolute Gasteiger partial charge is 0.452 e. The first-order valence-corrected chi connectivity index (χ1v) is 14.5. The summed E-state index contributed by atoms with van der Waals surface area (Å²) in [4.78, 5) is 34.9. The van der Waals surface area contributed by atoms with E-state index in [9.17, 15) is 28.3 Å². The molecule has 0 aliphatic carbocycles. The number of rotatable bonds is 7. The minimum atomic E-state index is -1.35. The highest BCUT2D eigenvalue weighted by molar-refractivity contribution is 8.01. The smallest absolute Gasteiger partial charge is 0.338 e. The van der Waals surface area contributed by atoms with Crippen LogP contribution in [0, 0.1) is 0 Å². The van der Waals surface area contributed by atoms with Gasteiger partial charge in [0.05, 0.1) is 11.1 Å². The van der Waals surface area contributed by atoms with E-state index in [-0.39, 0.29) is 17.9 Å². The monoisotopic (exact) mass is 598 g/mol. The maximum Gasteiger partial charge on any atom is 0.338 e. The maximum atomic E-state index is 14.3. The zero-order valence-electron chi connectivity index (χ0n) is 21.8. The van der Waals surface area contributed by atoms with Crippen LogP contribution in [0.15, 0.2) is 60.7 Å². The van der Waals surface area contributed by atoms with Crippen LogP contribution < -0.4 is 0 Å². The summed E-state index contributed by atoms with van der Waals surface area (Å²) in [6, 6.07) is 16.7. The second kappa shape index (κ2) is 16.0. The number of carbonyl (C=O) groups excluding carboxylic acids is 3. The summed E-state index contributed by atoms with van der Waals surface area (Å²) in [6.07, 6.45) is -3.64. The Morgan fingerprint density at radius 1 is 0.750 bits per heavy atom. The van der Waals surface area contributed by atoms with Crippen LogP contribution in [0.1, 0.15) is 61.8 Å². The van der Waals surface area contributed by atoms with Gasteiger partial charge in [-0.1, -0.05) is 57.7 Å². The molecule has 0 saturated carbocycles. The normalized spacial score (nSPS) is 28.9. The highest BCUT2D eigenvalue weighted by atomic mass is 32.2. The fraction of sp³-hybridized carbons (Fsp3) is 0.483. The van der Waals surface area contributed by atoms with Crippen molar-refractivity contribution in [3.05, 3.63) is 71.8 Å². The van der Waals surface area contributed by atoms with Gasteiger partial charge >= 0.3 is 17.9 Å². The van der Waals surface area contributed by atoms with Gasteiger partial charge < -0.3 is 19.3 Å². The molecule has 0 spiro atoms. The third kappa shape index (κ3) is 8.68. The van der Waals surface area contributed by atoms with Gasteiger partial charge in [0.25, 0.3) is 0 Å². The van der Waals surface area contributed by atoms with E-state index in [2.05, 4.69) is 0 Å². The molecular weight excluding hydrogens is 562 g/mol. The minimum Gasteiger partial charge on any atom is -0.452 e. The Hall–Kier alpha value is -2.63. The summed E-state index contributed by atoms with van der Waals surface area (Å²) in [5.41, 5.74) is -1.08. The van der Waals surface area contributed by atoms with E-state index in [1.54, 1.807) is 60.7 Å².